The zero-order chi connectivity index (χ0) is 25.8. The fourth-order valence-corrected chi connectivity index (χ4v) is 4.25. The van der Waals surface area contributed by atoms with Crippen molar-refractivity contribution in [2.45, 2.75) is 12.7 Å². The highest BCUT2D eigenvalue weighted by Crippen LogP contribution is 2.38. The van der Waals surface area contributed by atoms with Gasteiger partial charge in [0, 0.05) is 35.3 Å². The van der Waals surface area contributed by atoms with Gasteiger partial charge in [-0.2, -0.15) is 18.3 Å². The second-order valence-corrected chi connectivity index (χ2v) is 8.12. The molecule has 12 heteroatoms. The van der Waals surface area contributed by atoms with Gasteiger partial charge in [0.25, 0.3) is 5.91 Å². The number of fused-ring (bicyclic) bond motifs is 2. The molecule has 0 aliphatic carbocycles. The topological polar surface area (TPSA) is 80.3 Å². The van der Waals surface area contributed by atoms with E-state index in [1.54, 1.807) is 12.1 Å². The number of ether oxygens (including phenoxy) is 2. The normalized spacial score (nSPS) is 13.4. The predicted octanol–water partition coefficient (Wildman–Crippen LogP) is 5.11. The first-order chi connectivity index (χ1) is 17.1. The summed E-state index contributed by atoms with van der Waals surface area (Å²) in [6, 6.07) is 7.13. The van der Waals surface area contributed by atoms with E-state index < -0.39 is 35.8 Å². The molecule has 3 heterocycles. The summed E-state index contributed by atoms with van der Waals surface area (Å²) in [5, 5.41) is 7.55. The summed E-state index contributed by atoms with van der Waals surface area (Å²) in [6.07, 6.45) is -3.13. The molecule has 2 aromatic carbocycles. The largest absolute Gasteiger partial charge is 0.494 e. The van der Waals surface area contributed by atoms with Crippen LogP contribution in [0.4, 0.5) is 22.0 Å². The first-order valence-corrected chi connectivity index (χ1v) is 10.5. The SMILES string of the molecule is COc1cc(OC)c(F)c(-c2cc3[nH]nc(-c4ccc5c(c4)CN(CC(F)(F)F)C5=O)c3cn2)c1F. The van der Waals surface area contributed by atoms with Gasteiger partial charge in [-0.15, -0.1) is 0 Å². The Morgan fingerprint density at radius 1 is 1.06 bits per heavy atom. The van der Waals surface area contributed by atoms with Crippen LogP contribution in [0.3, 0.4) is 0 Å². The molecule has 186 valence electrons. The minimum Gasteiger partial charge on any atom is -0.494 e. The maximum atomic E-state index is 14.9. The van der Waals surface area contributed by atoms with Gasteiger partial charge in [-0.05, 0) is 23.8 Å². The molecule has 36 heavy (non-hydrogen) atoms. The van der Waals surface area contributed by atoms with Crippen LogP contribution in [0.25, 0.3) is 33.4 Å². The molecule has 1 aliphatic rings. The van der Waals surface area contributed by atoms with E-state index in [4.69, 9.17) is 9.47 Å². The van der Waals surface area contributed by atoms with Gasteiger partial charge in [0.05, 0.1) is 31.0 Å². The zero-order valence-corrected chi connectivity index (χ0v) is 18.8. The number of methoxy groups -OCH3 is 2. The highest BCUT2D eigenvalue weighted by molar-refractivity contribution is 6.00. The number of halogens is 5. The number of rotatable bonds is 5. The van der Waals surface area contributed by atoms with Gasteiger partial charge in [-0.3, -0.25) is 14.9 Å². The minimum atomic E-state index is -4.51. The number of nitrogens with zero attached hydrogens (tertiary/aromatic N) is 3. The number of aromatic amines is 1. The average Bonchev–Trinajstić information content (AvgIpc) is 3.38. The van der Waals surface area contributed by atoms with Gasteiger partial charge in [0.2, 0.25) is 0 Å². The fourth-order valence-electron chi connectivity index (χ4n) is 4.25. The van der Waals surface area contributed by atoms with Crippen molar-refractivity contribution in [3.05, 3.63) is 59.3 Å². The van der Waals surface area contributed by atoms with Gasteiger partial charge in [0.1, 0.15) is 12.2 Å². The molecule has 1 amide bonds. The van der Waals surface area contributed by atoms with Crippen molar-refractivity contribution in [1.29, 1.82) is 0 Å². The van der Waals surface area contributed by atoms with Gasteiger partial charge in [-0.1, -0.05) is 6.07 Å². The molecule has 0 fully saturated rings. The minimum absolute atomic E-state index is 0.0350. The summed E-state index contributed by atoms with van der Waals surface area (Å²) in [7, 11) is 2.48. The maximum Gasteiger partial charge on any atom is 0.406 e. The van der Waals surface area contributed by atoms with Crippen molar-refractivity contribution in [3.63, 3.8) is 0 Å². The highest BCUT2D eigenvalue weighted by atomic mass is 19.4. The molecule has 4 aromatic rings. The van der Waals surface area contributed by atoms with Crippen molar-refractivity contribution in [1.82, 2.24) is 20.1 Å². The third kappa shape index (κ3) is 3.88. The number of carbonyl (C=O) groups excluding carboxylic acids is 1. The van der Waals surface area contributed by atoms with E-state index >= 15 is 0 Å². The molecule has 0 unspecified atom stereocenters. The Labute approximate surface area is 200 Å². The predicted molar refractivity (Wildman–Crippen MR) is 119 cm³/mol. The lowest BCUT2D eigenvalue weighted by Gasteiger charge is -2.17. The molecule has 0 spiro atoms. The summed E-state index contributed by atoms with van der Waals surface area (Å²) in [5.74, 6) is -3.03. The molecule has 5 rings (SSSR count). The summed E-state index contributed by atoms with van der Waals surface area (Å²) in [6.45, 7) is -1.52. The van der Waals surface area contributed by atoms with Gasteiger partial charge < -0.3 is 14.4 Å². The van der Waals surface area contributed by atoms with Crippen molar-refractivity contribution >= 4 is 16.8 Å². The molecule has 0 saturated carbocycles. The van der Waals surface area contributed by atoms with Crippen molar-refractivity contribution in [3.8, 4) is 34.0 Å². The number of carbonyl (C=O) groups is 1. The third-order valence-corrected chi connectivity index (χ3v) is 5.90. The van der Waals surface area contributed by atoms with E-state index in [0.717, 1.165) is 11.0 Å². The van der Waals surface area contributed by atoms with Crippen molar-refractivity contribution < 1.29 is 36.2 Å². The molecular formula is C24H17F5N4O3. The molecule has 2 aromatic heterocycles. The number of alkyl halides is 3. The van der Waals surface area contributed by atoms with E-state index in [0.29, 0.717) is 27.7 Å². The fraction of sp³-hybridized carbons (Fsp3) is 0.208. The zero-order valence-electron chi connectivity index (χ0n) is 18.8. The first kappa shape index (κ1) is 23.5. The van der Waals surface area contributed by atoms with Crippen LogP contribution < -0.4 is 9.47 Å². The van der Waals surface area contributed by atoms with Crippen LogP contribution in [0.5, 0.6) is 11.5 Å². The summed E-state index contributed by atoms with van der Waals surface area (Å²) >= 11 is 0. The lowest BCUT2D eigenvalue weighted by atomic mass is 10.0. The van der Waals surface area contributed by atoms with Crippen LogP contribution in [0.2, 0.25) is 0 Å². The van der Waals surface area contributed by atoms with E-state index in [2.05, 4.69) is 15.2 Å². The Kier molecular flexibility index (Phi) is 5.53. The Balaban J connectivity index is 1.53. The number of nitrogens with one attached hydrogen (secondary N) is 1. The third-order valence-electron chi connectivity index (χ3n) is 5.90. The van der Waals surface area contributed by atoms with Gasteiger partial charge >= 0.3 is 6.18 Å². The molecule has 0 saturated heterocycles. The quantitative estimate of drug-likeness (QED) is 0.383. The van der Waals surface area contributed by atoms with E-state index in [1.165, 1.54) is 32.5 Å². The number of amides is 1. The molecule has 0 atom stereocenters. The van der Waals surface area contributed by atoms with E-state index in [1.807, 2.05) is 0 Å². The van der Waals surface area contributed by atoms with Gasteiger partial charge in [-0.25, -0.2) is 8.78 Å². The van der Waals surface area contributed by atoms with Crippen LogP contribution >= 0.6 is 0 Å². The summed E-state index contributed by atoms with van der Waals surface area (Å²) in [4.78, 5) is 17.3. The number of hydrogen-bond acceptors (Lipinski definition) is 5. The smallest absolute Gasteiger partial charge is 0.406 e. The van der Waals surface area contributed by atoms with Crippen LogP contribution in [0.1, 0.15) is 15.9 Å². The number of benzene rings is 2. The molecule has 1 aliphatic heterocycles. The highest BCUT2D eigenvalue weighted by Gasteiger charge is 2.37. The Morgan fingerprint density at radius 2 is 1.75 bits per heavy atom. The molecular weight excluding hydrogens is 487 g/mol. The maximum absolute atomic E-state index is 14.9. The van der Waals surface area contributed by atoms with E-state index in [-0.39, 0.29) is 29.3 Å². The number of hydrogen-bond donors (Lipinski definition) is 1. The molecule has 7 nitrogen and oxygen atoms in total. The standard InChI is InChI=1S/C24H17F5N4O3/c1-35-17-7-18(36-2)21(26)19(20(17)25)16-6-15-14(8-30-16)22(32-31-15)11-3-4-13-12(5-11)9-33(23(13)34)10-24(27,28)29/h3-8H,9-10H2,1-2H3,(H,31,32). The first-order valence-electron chi connectivity index (χ1n) is 10.5. The second-order valence-electron chi connectivity index (χ2n) is 8.12. The molecule has 1 N–H and O–H groups in total. The second kappa shape index (κ2) is 8.47. The molecule has 0 radical (unpaired) electrons. The Hall–Kier alpha value is -4.22. The lowest BCUT2D eigenvalue weighted by Crippen LogP contribution is -2.34. The number of H-pyrrole nitrogens is 1. The van der Waals surface area contributed by atoms with Crippen molar-refractivity contribution in [2.75, 3.05) is 20.8 Å². The Bertz CT molecular complexity index is 1490. The van der Waals surface area contributed by atoms with Crippen LogP contribution in [-0.2, 0) is 6.54 Å². The van der Waals surface area contributed by atoms with Crippen LogP contribution in [0, 0.1) is 11.6 Å². The monoisotopic (exact) mass is 504 g/mol. The van der Waals surface area contributed by atoms with Crippen molar-refractivity contribution in [2.24, 2.45) is 0 Å². The summed E-state index contributed by atoms with van der Waals surface area (Å²) in [5.41, 5.74) is 1.52. The van der Waals surface area contributed by atoms with E-state index in [9.17, 15) is 26.7 Å². The number of aromatic nitrogens is 3. The average molecular weight is 504 g/mol. The van der Waals surface area contributed by atoms with Gasteiger partial charge in [0.15, 0.2) is 23.1 Å². The Morgan fingerprint density at radius 3 is 2.39 bits per heavy atom. The van der Waals surface area contributed by atoms with Crippen LogP contribution in [-0.4, -0.2) is 52.9 Å². The van der Waals surface area contributed by atoms with Crippen LogP contribution in [0.15, 0.2) is 36.5 Å². The number of pyridine rings is 1. The summed E-state index contributed by atoms with van der Waals surface area (Å²) < 4.78 is 78.2. The lowest BCUT2D eigenvalue weighted by molar-refractivity contribution is -0.140. The molecule has 0 bridgehead atoms.